The summed E-state index contributed by atoms with van der Waals surface area (Å²) in [6, 6.07) is 11.7. The van der Waals surface area contributed by atoms with Gasteiger partial charge in [0.1, 0.15) is 0 Å². The minimum Gasteiger partial charge on any atom is -0.328 e. The second-order valence-corrected chi connectivity index (χ2v) is 7.56. The molecular weight excluding hydrogens is 332 g/mol. The average molecular weight is 356 g/mol. The summed E-state index contributed by atoms with van der Waals surface area (Å²) in [5, 5.41) is 3.49. The zero-order chi connectivity index (χ0) is 17.5. The molecule has 0 atom stereocenters. The molecule has 1 aromatic heterocycles. The summed E-state index contributed by atoms with van der Waals surface area (Å²) in [6.45, 7) is 0.789. The zero-order valence-electron chi connectivity index (χ0n) is 14.2. The summed E-state index contributed by atoms with van der Waals surface area (Å²) in [6.07, 6.45) is 7.93. The van der Waals surface area contributed by atoms with Crippen LogP contribution in [0, 0.1) is 0 Å². The molecule has 1 amide bonds. The third-order valence-corrected chi connectivity index (χ3v) is 5.50. The van der Waals surface area contributed by atoms with Crippen LogP contribution >= 0.6 is 11.9 Å². The van der Waals surface area contributed by atoms with Gasteiger partial charge in [-0.05, 0) is 55.5 Å². The van der Waals surface area contributed by atoms with Crippen molar-refractivity contribution in [1.29, 1.82) is 0 Å². The van der Waals surface area contributed by atoms with Crippen LogP contribution in [0.25, 0.3) is 0 Å². The number of carbonyl (C=O) groups excluding carboxylic acids is 1. The van der Waals surface area contributed by atoms with E-state index in [0.717, 1.165) is 24.9 Å². The van der Waals surface area contributed by atoms with Gasteiger partial charge in [-0.3, -0.25) is 14.5 Å². The first kappa shape index (κ1) is 17.9. The van der Waals surface area contributed by atoms with Crippen LogP contribution < -0.4 is 15.8 Å². The average Bonchev–Trinajstić information content (AvgIpc) is 2.65. The molecule has 0 bridgehead atoms. The molecule has 5 nitrogen and oxygen atoms in total. The van der Waals surface area contributed by atoms with Crippen LogP contribution in [0.15, 0.2) is 48.8 Å². The molecule has 0 saturated heterocycles. The fraction of sp³-hybridized carbons (Fsp3) is 0.368. The van der Waals surface area contributed by atoms with Crippen molar-refractivity contribution in [3.8, 4) is 0 Å². The fourth-order valence-corrected chi connectivity index (χ4v) is 3.86. The van der Waals surface area contributed by atoms with Gasteiger partial charge < -0.3 is 11.1 Å². The first-order chi connectivity index (χ1) is 12.2. The van der Waals surface area contributed by atoms with E-state index in [0.29, 0.717) is 22.5 Å². The van der Waals surface area contributed by atoms with E-state index in [-0.39, 0.29) is 5.91 Å². The van der Waals surface area contributed by atoms with Crippen molar-refractivity contribution in [2.75, 3.05) is 5.32 Å². The second kappa shape index (κ2) is 8.99. The maximum atomic E-state index is 12.2. The largest absolute Gasteiger partial charge is 0.328 e. The van der Waals surface area contributed by atoms with E-state index < -0.39 is 0 Å². The van der Waals surface area contributed by atoms with E-state index in [2.05, 4.69) is 15.0 Å². The molecule has 0 spiro atoms. The Hall–Kier alpha value is -1.89. The number of nitrogens with zero attached hydrogens (tertiary/aromatic N) is 1. The monoisotopic (exact) mass is 356 g/mol. The van der Waals surface area contributed by atoms with Crippen LogP contribution in [0.2, 0.25) is 0 Å². The van der Waals surface area contributed by atoms with E-state index >= 15 is 0 Å². The highest BCUT2D eigenvalue weighted by Crippen LogP contribution is 2.26. The smallest absolute Gasteiger partial charge is 0.255 e. The van der Waals surface area contributed by atoms with Crippen molar-refractivity contribution in [2.24, 2.45) is 5.73 Å². The Labute approximate surface area is 152 Å². The van der Waals surface area contributed by atoms with Crippen LogP contribution in [0.5, 0.6) is 0 Å². The molecule has 1 saturated carbocycles. The van der Waals surface area contributed by atoms with Gasteiger partial charge in [-0.1, -0.05) is 24.1 Å². The topological polar surface area (TPSA) is 80.0 Å². The standard InChI is InChI=1S/C19H24N4OS/c20-16-7-9-18(10-8-16)25-22-12-14-3-5-15(6-4-14)19(24)23-17-2-1-11-21-13-17/h1-6,11,13,16,18,22H,7-10,12,20H2,(H,23,24). The number of pyridine rings is 1. The maximum Gasteiger partial charge on any atom is 0.255 e. The Bertz CT molecular complexity index is 670. The van der Waals surface area contributed by atoms with Crippen molar-refractivity contribution < 1.29 is 4.79 Å². The molecule has 0 aliphatic heterocycles. The first-order valence-electron chi connectivity index (χ1n) is 8.65. The van der Waals surface area contributed by atoms with Crippen LogP contribution in [0.3, 0.4) is 0 Å². The lowest BCUT2D eigenvalue weighted by Gasteiger charge is -2.25. The number of aromatic nitrogens is 1. The number of nitrogens with one attached hydrogen (secondary N) is 2. The molecule has 0 unspecified atom stereocenters. The molecule has 0 radical (unpaired) electrons. The Balaban J connectivity index is 1.44. The van der Waals surface area contributed by atoms with Gasteiger partial charge in [0.2, 0.25) is 0 Å². The van der Waals surface area contributed by atoms with Crippen LogP contribution in [-0.2, 0) is 6.54 Å². The van der Waals surface area contributed by atoms with Gasteiger partial charge in [-0.15, -0.1) is 0 Å². The fourth-order valence-electron chi connectivity index (χ4n) is 2.86. The van der Waals surface area contributed by atoms with E-state index in [9.17, 15) is 4.79 Å². The third kappa shape index (κ3) is 5.56. The molecule has 3 rings (SSSR count). The van der Waals surface area contributed by atoms with E-state index in [1.54, 1.807) is 18.5 Å². The molecule has 132 valence electrons. The molecule has 25 heavy (non-hydrogen) atoms. The van der Waals surface area contributed by atoms with Gasteiger partial charge in [-0.2, -0.15) is 0 Å². The van der Waals surface area contributed by atoms with Gasteiger partial charge in [0.05, 0.1) is 11.9 Å². The Morgan fingerprint density at radius 2 is 1.92 bits per heavy atom. The Morgan fingerprint density at radius 1 is 1.16 bits per heavy atom. The molecule has 1 aliphatic rings. The normalized spacial score (nSPS) is 20.2. The first-order valence-corrected chi connectivity index (χ1v) is 9.53. The van der Waals surface area contributed by atoms with Crippen LogP contribution in [-0.4, -0.2) is 22.2 Å². The Kier molecular flexibility index (Phi) is 6.44. The molecule has 4 N–H and O–H groups in total. The lowest BCUT2D eigenvalue weighted by atomic mass is 9.96. The number of anilines is 1. The van der Waals surface area contributed by atoms with Crippen molar-refractivity contribution >= 4 is 23.5 Å². The highest BCUT2D eigenvalue weighted by atomic mass is 32.2. The van der Waals surface area contributed by atoms with Crippen molar-refractivity contribution in [3.63, 3.8) is 0 Å². The van der Waals surface area contributed by atoms with Crippen LogP contribution in [0.4, 0.5) is 5.69 Å². The number of amides is 1. The molecule has 6 heteroatoms. The van der Waals surface area contributed by atoms with Gasteiger partial charge >= 0.3 is 0 Å². The lowest BCUT2D eigenvalue weighted by molar-refractivity contribution is 0.102. The molecule has 1 aliphatic carbocycles. The Morgan fingerprint density at radius 3 is 2.60 bits per heavy atom. The number of nitrogens with two attached hydrogens (primary N) is 1. The molecular formula is C19H24N4OS. The minimum absolute atomic E-state index is 0.125. The quantitative estimate of drug-likeness (QED) is 0.692. The summed E-state index contributed by atoms with van der Waals surface area (Å²) in [5.41, 5.74) is 8.44. The summed E-state index contributed by atoms with van der Waals surface area (Å²) in [4.78, 5) is 16.2. The van der Waals surface area contributed by atoms with Crippen molar-refractivity contribution in [1.82, 2.24) is 9.71 Å². The predicted molar refractivity (Wildman–Crippen MR) is 103 cm³/mol. The highest BCUT2D eigenvalue weighted by molar-refractivity contribution is 7.98. The van der Waals surface area contributed by atoms with Crippen molar-refractivity contribution in [2.45, 2.75) is 43.5 Å². The summed E-state index contributed by atoms with van der Waals surface area (Å²) in [7, 11) is 0. The number of carbonyl (C=O) groups is 1. The lowest BCUT2D eigenvalue weighted by Crippen LogP contribution is -2.28. The summed E-state index contributed by atoms with van der Waals surface area (Å²) in [5.74, 6) is -0.125. The predicted octanol–water partition coefficient (Wildman–Crippen LogP) is 3.34. The number of rotatable bonds is 6. The summed E-state index contributed by atoms with van der Waals surface area (Å²) >= 11 is 1.81. The molecule has 2 aromatic rings. The maximum absolute atomic E-state index is 12.2. The highest BCUT2D eigenvalue weighted by Gasteiger charge is 2.18. The van der Waals surface area contributed by atoms with Gasteiger partial charge in [0, 0.05) is 29.6 Å². The third-order valence-electron chi connectivity index (χ3n) is 4.38. The molecule has 1 fully saturated rings. The van der Waals surface area contributed by atoms with Gasteiger partial charge in [0.15, 0.2) is 0 Å². The van der Waals surface area contributed by atoms with Gasteiger partial charge in [0.25, 0.3) is 5.91 Å². The van der Waals surface area contributed by atoms with E-state index in [1.165, 1.54) is 12.8 Å². The second-order valence-electron chi connectivity index (χ2n) is 6.37. The summed E-state index contributed by atoms with van der Waals surface area (Å²) < 4.78 is 3.44. The number of benzene rings is 1. The van der Waals surface area contributed by atoms with Gasteiger partial charge in [-0.25, -0.2) is 0 Å². The van der Waals surface area contributed by atoms with E-state index in [4.69, 9.17) is 5.73 Å². The number of hydrogen-bond acceptors (Lipinski definition) is 5. The zero-order valence-corrected chi connectivity index (χ0v) is 15.0. The minimum atomic E-state index is -0.125. The van der Waals surface area contributed by atoms with Crippen molar-refractivity contribution in [3.05, 3.63) is 59.9 Å². The SMILES string of the molecule is NC1CCC(SNCc2ccc(C(=O)Nc3cccnc3)cc2)CC1. The van der Waals surface area contributed by atoms with Crippen LogP contribution in [0.1, 0.15) is 41.6 Å². The molecule has 1 heterocycles. The molecule has 1 aromatic carbocycles. The van der Waals surface area contributed by atoms with E-state index in [1.807, 2.05) is 42.3 Å². The number of hydrogen-bond donors (Lipinski definition) is 3.